The highest BCUT2D eigenvalue weighted by Crippen LogP contribution is 2.29. The number of alkyl halides is 3. The van der Waals surface area contributed by atoms with Gasteiger partial charge in [-0.15, -0.1) is 11.3 Å². The van der Waals surface area contributed by atoms with Crippen molar-refractivity contribution in [3.8, 4) is 11.1 Å². The molecule has 0 N–H and O–H groups in total. The molecule has 1 nitrogen and oxygen atoms in total. The van der Waals surface area contributed by atoms with Crippen molar-refractivity contribution >= 4 is 23.2 Å². The molecule has 0 saturated carbocycles. The van der Waals surface area contributed by atoms with Crippen LogP contribution in [0.25, 0.3) is 17.2 Å². The number of allylic oxidation sites excluding steroid dienone is 1. The molecule has 0 bridgehead atoms. The van der Waals surface area contributed by atoms with Crippen molar-refractivity contribution in [2.45, 2.75) is 6.18 Å². The highest BCUT2D eigenvalue weighted by molar-refractivity contribution is 7.11. The lowest BCUT2D eigenvalue weighted by atomic mass is 10.1. The number of rotatable bonds is 4. The third kappa shape index (κ3) is 4.25. The summed E-state index contributed by atoms with van der Waals surface area (Å²) in [6.45, 7) is 0. The van der Waals surface area contributed by atoms with Crippen molar-refractivity contribution in [3.05, 3.63) is 88.1 Å². The number of halogens is 3. The summed E-state index contributed by atoms with van der Waals surface area (Å²) < 4.78 is 37.6. The molecular weight excluding hydrogens is 345 g/mol. The molecule has 0 aliphatic carbocycles. The quantitative estimate of drug-likeness (QED) is 0.393. The van der Waals surface area contributed by atoms with Crippen molar-refractivity contribution in [3.63, 3.8) is 0 Å². The zero-order valence-corrected chi connectivity index (χ0v) is 13.8. The monoisotopic (exact) mass is 358 g/mol. The van der Waals surface area contributed by atoms with E-state index in [4.69, 9.17) is 0 Å². The lowest BCUT2D eigenvalue weighted by Crippen LogP contribution is -2.05. The van der Waals surface area contributed by atoms with Crippen molar-refractivity contribution < 1.29 is 18.0 Å². The van der Waals surface area contributed by atoms with Gasteiger partial charge in [0.05, 0.1) is 5.56 Å². The fourth-order valence-electron chi connectivity index (χ4n) is 2.30. The Labute approximate surface area is 147 Å². The van der Waals surface area contributed by atoms with Crippen molar-refractivity contribution in [1.82, 2.24) is 0 Å². The average molecular weight is 358 g/mol. The maximum Gasteiger partial charge on any atom is 0.416 e. The predicted molar refractivity (Wildman–Crippen MR) is 94.6 cm³/mol. The highest BCUT2D eigenvalue weighted by atomic mass is 32.1. The van der Waals surface area contributed by atoms with E-state index in [1.807, 2.05) is 41.8 Å². The van der Waals surface area contributed by atoms with Gasteiger partial charge in [0.2, 0.25) is 0 Å². The smallest absolute Gasteiger partial charge is 0.289 e. The molecule has 3 rings (SSSR count). The molecular formula is C20H13F3OS. The van der Waals surface area contributed by atoms with Gasteiger partial charge < -0.3 is 0 Å². The average Bonchev–Trinajstić information content (AvgIpc) is 3.09. The first-order chi connectivity index (χ1) is 11.9. The van der Waals surface area contributed by atoms with Gasteiger partial charge in [-0.05, 0) is 46.9 Å². The van der Waals surface area contributed by atoms with E-state index in [-0.39, 0.29) is 11.3 Å². The third-order valence-corrected chi connectivity index (χ3v) is 4.52. The Balaban J connectivity index is 1.72. The minimum Gasteiger partial charge on any atom is -0.289 e. The standard InChI is InChI=1S/C20H13F3OS/c21-20(22,23)17-8-6-15(7-9-17)19(24)11-10-18-12-16(13-25-18)14-4-2-1-3-5-14/h1-13H. The first kappa shape index (κ1) is 17.2. The van der Waals surface area contributed by atoms with Crippen molar-refractivity contribution in [2.24, 2.45) is 0 Å². The molecule has 0 radical (unpaired) electrons. The van der Waals surface area contributed by atoms with Crippen LogP contribution in [-0.2, 0) is 6.18 Å². The minimum absolute atomic E-state index is 0.226. The fraction of sp³-hybridized carbons (Fsp3) is 0.0500. The zero-order valence-electron chi connectivity index (χ0n) is 13.0. The van der Waals surface area contributed by atoms with E-state index in [0.29, 0.717) is 0 Å². The molecule has 2 aromatic carbocycles. The Kier molecular flexibility index (Phi) is 4.86. The molecule has 1 aromatic heterocycles. The number of hydrogen-bond donors (Lipinski definition) is 0. The topological polar surface area (TPSA) is 17.1 Å². The number of hydrogen-bond acceptors (Lipinski definition) is 2. The van der Waals surface area contributed by atoms with E-state index in [1.54, 1.807) is 6.08 Å². The van der Waals surface area contributed by atoms with Crippen LogP contribution in [0.2, 0.25) is 0 Å². The number of benzene rings is 2. The van der Waals surface area contributed by atoms with Crippen LogP contribution in [0, 0.1) is 0 Å². The van der Waals surface area contributed by atoms with Crippen LogP contribution < -0.4 is 0 Å². The summed E-state index contributed by atoms with van der Waals surface area (Å²) in [6.07, 6.45) is -1.34. The van der Waals surface area contributed by atoms with Crippen LogP contribution in [0.3, 0.4) is 0 Å². The van der Waals surface area contributed by atoms with E-state index in [2.05, 4.69) is 0 Å². The molecule has 3 aromatic rings. The normalized spacial score (nSPS) is 11.8. The van der Waals surface area contributed by atoms with Gasteiger partial charge in [-0.25, -0.2) is 0 Å². The molecule has 1 heterocycles. The fourth-order valence-corrected chi connectivity index (χ4v) is 3.11. The maximum atomic E-state index is 12.5. The van der Waals surface area contributed by atoms with Crippen LogP contribution >= 0.6 is 11.3 Å². The highest BCUT2D eigenvalue weighted by Gasteiger charge is 2.30. The van der Waals surface area contributed by atoms with E-state index in [0.717, 1.165) is 28.1 Å². The number of carbonyl (C=O) groups is 1. The summed E-state index contributed by atoms with van der Waals surface area (Å²) in [7, 11) is 0. The van der Waals surface area contributed by atoms with Gasteiger partial charge in [0.1, 0.15) is 0 Å². The molecule has 0 spiro atoms. The molecule has 5 heteroatoms. The second-order valence-electron chi connectivity index (χ2n) is 5.38. The van der Waals surface area contributed by atoms with Gasteiger partial charge in [0, 0.05) is 10.4 Å². The summed E-state index contributed by atoms with van der Waals surface area (Å²) >= 11 is 1.50. The lowest BCUT2D eigenvalue weighted by molar-refractivity contribution is -0.137. The third-order valence-electron chi connectivity index (χ3n) is 3.62. The van der Waals surface area contributed by atoms with Crippen molar-refractivity contribution in [1.29, 1.82) is 0 Å². The van der Waals surface area contributed by atoms with Crippen LogP contribution in [0.1, 0.15) is 20.8 Å². The molecule has 0 fully saturated rings. The Morgan fingerprint density at radius 2 is 1.60 bits per heavy atom. The Morgan fingerprint density at radius 3 is 2.24 bits per heavy atom. The van der Waals surface area contributed by atoms with E-state index in [1.165, 1.54) is 29.5 Å². The van der Waals surface area contributed by atoms with Crippen LogP contribution in [0.15, 0.2) is 72.1 Å². The second kappa shape index (κ2) is 7.07. The number of ketones is 1. The molecule has 126 valence electrons. The molecule has 0 aliphatic rings. The first-order valence-electron chi connectivity index (χ1n) is 7.47. The molecule has 0 amide bonds. The van der Waals surface area contributed by atoms with Gasteiger partial charge in [0.15, 0.2) is 5.78 Å². The van der Waals surface area contributed by atoms with Gasteiger partial charge in [-0.2, -0.15) is 13.2 Å². The first-order valence-corrected chi connectivity index (χ1v) is 8.35. The summed E-state index contributed by atoms with van der Waals surface area (Å²) in [6, 6.07) is 16.0. The Morgan fingerprint density at radius 1 is 0.920 bits per heavy atom. The molecule has 0 unspecified atom stereocenters. The Bertz CT molecular complexity index is 891. The van der Waals surface area contributed by atoms with Gasteiger partial charge >= 0.3 is 6.18 Å². The van der Waals surface area contributed by atoms with E-state index < -0.39 is 11.7 Å². The summed E-state index contributed by atoms with van der Waals surface area (Å²) in [4.78, 5) is 13.0. The van der Waals surface area contributed by atoms with Crippen LogP contribution in [0.5, 0.6) is 0 Å². The summed E-state index contributed by atoms with van der Waals surface area (Å²) in [5, 5.41) is 2.00. The van der Waals surface area contributed by atoms with Crippen LogP contribution in [0.4, 0.5) is 13.2 Å². The summed E-state index contributed by atoms with van der Waals surface area (Å²) in [5.74, 6) is -0.330. The SMILES string of the molecule is O=C(C=Cc1cc(-c2ccccc2)cs1)c1ccc(C(F)(F)F)cc1. The van der Waals surface area contributed by atoms with Crippen LogP contribution in [-0.4, -0.2) is 5.78 Å². The van der Waals surface area contributed by atoms with E-state index >= 15 is 0 Å². The molecule has 0 atom stereocenters. The van der Waals surface area contributed by atoms with Crippen molar-refractivity contribution in [2.75, 3.05) is 0 Å². The van der Waals surface area contributed by atoms with Gasteiger partial charge in [-0.1, -0.05) is 42.5 Å². The molecule has 0 aliphatic heterocycles. The zero-order chi connectivity index (χ0) is 17.9. The molecule has 0 saturated heterocycles. The lowest BCUT2D eigenvalue weighted by Gasteiger charge is -2.06. The van der Waals surface area contributed by atoms with Gasteiger partial charge in [0.25, 0.3) is 0 Å². The number of carbonyl (C=O) groups excluding carboxylic acids is 1. The maximum absolute atomic E-state index is 12.5. The molecule has 25 heavy (non-hydrogen) atoms. The minimum atomic E-state index is -4.40. The largest absolute Gasteiger partial charge is 0.416 e. The second-order valence-corrected chi connectivity index (χ2v) is 6.32. The van der Waals surface area contributed by atoms with E-state index in [9.17, 15) is 18.0 Å². The predicted octanol–water partition coefficient (Wildman–Crippen LogP) is 6.33. The van der Waals surface area contributed by atoms with Gasteiger partial charge in [-0.3, -0.25) is 4.79 Å². The number of thiophene rings is 1. The summed E-state index contributed by atoms with van der Waals surface area (Å²) in [5.41, 5.74) is 1.61. The Hall–Kier alpha value is -2.66.